The van der Waals surface area contributed by atoms with Crippen molar-refractivity contribution in [1.29, 1.82) is 0 Å². The van der Waals surface area contributed by atoms with Crippen LogP contribution in [0, 0.1) is 5.82 Å². The Kier molecular flexibility index (Phi) is 6.15. The molecule has 1 heterocycles. The Balaban J connectivity index is 1.43. The normalized spacial score (nSPS) is 11.0. The van der Waals surface area contributed by atoms with Gasteiger partial charge in [-0.15, -0.1) is 0 Å². The van der Waals surface area contributed by atoms with Crippen LogP contribution in [0.1, 0.15) is 23.1 Å². The van der Waals surface area contributed by atoms with Crippen LogP contribution in [0.4, 0.5) is 4.39 Å². The highest BCUT2D eigenvalue weighted by atomic mass is 35.5. The second-order valence-electron chi connectivity index (χ2n) is 7.33. The van der Waals surface area contributed by atoms with Gasteiger partial charge in [0, 0.05) is 41.6 Å². The molecule has 30 heavy (non-hydrogen) atoms. The second-order valence-corrected chi connectivity index (χ2v) is 7.77. The summed E-state index contributed by atoms with van der Waals surface area (Å²) in [7, 11) is 0. The number of aromatic nitrogens is 1. The van der Waals surface area contributed by atoms with Crippen molar-refractivity contribution in [3.8, 4) is 0 Å². The van der Waals surface area contributed by atoms with E-state index in [0.29, 0.717) is 31.0 Å². The summed E-state index contributed by atoms with van der Waals surface area (Å²) in [6.07, 6.45) is 3.17. The van der Waals surface area contributed by atoms with Crippen molar-refractivity contribution in [3.63, 3.8) is 0 Å². The number of carbonyl (C=O) groups is 1. The van der Waals surface area contributed by atoms with Crippen LogP contribution in [0.2, 0.25) is 5.02 Å². The Hall–Kier alpha value is -3.11. The number of hydrogen-bond donors (Lipinski definition) is 1. The Bertz CT molecular complexity index is 1150. The van der Waals surface area contributed by atoms with Gasteiger partial charge in [0.2, 0.25) is 5.91 Å². The Labute approximate surface area is 180 Å². The molecule has 0 fully saturated rings. The van der Waals surface area contributed by atoms with Gasteiger partial charge in [-0.25, -0.2) is 4.39 Å². The fourth-order valence-electron chi connectivity index (χ4n) is 3.58. The van der Waals surface area contributed by atoms with Crippen LogP contribution >= 0.6 is 11.6 Å². The SMILES string of the molecule is O=C(CCc1cn(Cc2ccc(F)cc2)c2ccccc12)NCc1ccc(Cl)cc1. The van der Waals surface area contributed by atoms with E-state index in [4.69, 9.17) is 11.6 Å². The van der Waals surface area contributed by atoms with E-state index in [1.807, 2.05) is 36.4 Å². The average molecular weight is 421 g/mol. The van der Waals surface area contributed by atoms with Crippen LogP contribution in [0.5, 0.6) is 0 Å². The van der Waals surface area contributed by atoms with E-state index in [9.17, 15) is 9.18 Å². The Morgan fingerprint density at radius 3 is 2.40 bits per heavy atom. The van der Waals surface area contributed by atoms with E-state index >= 15 is 0 Å². The smallest absolute Gasteiger partial charge is 0.220 e. The molecule has 3 nitrogen and oxygen atoms in total. The first-order chi connectivity index (χ1) is 14.6. The quantitative estimate of drug-likeness (QED) is 0.407. The van der Waals surface area contributed by atoms with Gasteiger partial charge in [-0.2, -0.15) is 0 Å². The van der Waals surface area contributed by atoms with Crippen molar-refractivity contribution in [1.82, 2.24) is 9.88 Å². The molecule has 0 aliphatic rings. The number of halogens is 2. The Morgan fingerprint density at radius 2 is 1.63 bits per heavy atom. The molecule has 0 atom stereocenters. The monoisotopic (exact) mass is 420 g/mol. The van der Waals surface area contributed by atoms with E-state index in [-0.39, 0.29) is 11.7 Å². The van der Waals surface area contributed by atoms with Gasteiger partial charge < -0.3 is 9.88 Å². The number of amides is 1. The number of nitrogens with one attached hydrogen (secondary N) is 1. The van der Waals surface area contributed by atoms with Gasteiger partial charge >= 0.3 is 0 Å². The van der Waals surface area contributed by atoms with Crippen molar-refractivity contribution in [3.05, 3.63) is 107 Å². The molecule has 4 rings (SSSR count). The zero-order valence-corrected chi connectivity index (χ0v) is 17.2. The number of para-hydroxylation sites is 1. The largest absolute Gasteiger partial charge is 0.352 e. The third-order valence-electron chi connectivity index (χ3n) is 5.16. The molecule has 0 spiro atoms. The predicted octanol–water partition coefficient (Wildman–Crippen LogP) is 5.73. The summed E-state index contributed by atoms with van der Waals surface area (Å²) in [5.41, 5.74) is 4.29. The van der Waals surface area contributed by atoms with Gasteiger partial charge in [-0.3, -0.25) is 4.79 Å². The lowest BCUT2D eigenvalue weighted by molar-refractivity contribution is -0.121. The van der Waals surface area contributed by atoms with Gasteiger partial charge in [0.1, 0.15) is 5.82 Å². The topological polar surface area (TPSA) is 34.0 Å². The maximum atomic E-state index is 13.2. The summed E-state index contributed by atoms with van der Waals surface area (Å²) >= 11 is 5.89. The lowest BCUT2D eigenvalue weighted by Gasteiger charge is -2.06. The van der Waals surface area contributed by atoms with Crippen LogP contribution in [0.15, 0.2) is 79.0 Å². The standard InChI is InChI=1S/C25H22ClFN2O/c26-21-10-5-18(6-11-21)15-28-25(30)14-9-20-17-29(24-4-2-1-3-23(20)24)16-19-7-12-22(27)13-8-19/h1-8,10-13,17H,9,14-16H2,(H,28,30). The molecule has 0 saturated heterocycles. The highest BCUT2D eigenvalue weighted by molar-refractivity contribution is 6.30. The van der Waals surface area contributed by atoms with E-state index in [1.54, 1.807) is 12.1 Å². The van der Waals surface area contributed by atoms with Gasteiger partial charge in [0.25, 0.3) is 0 Å². The summed E-state index contributed by atoms with van der Waals surface area (Å²) in [5.74, 6) is -0.221. The lowest BCUT2D eigenvalue weighted by atomic mass is 10.1. The number of rotatable bonds is 7. The van der Waals surface area contributed by atoms with Crippen LogP contribution < -0.4 is 5.32 Å². The summed E-state index contributed by atoms with van der Waals surface area (Å²) in [5, 5.41) is 4.79. The fraction of sp³-hybridized carbons (Fsp3) is 0.160. The number of benzene rings is 3. The lowest BCUT2D eigenvalue weighted by Crippen LogP contribution is -2.22. The zero-order valence-electron chi connectivity index (χ0n) is 16.4. The summed E-state index contributed by atoms with van der Waals surface area (Å²) in [6, 6.07) is 22.2. The molecule has 1 N–H and O–H groups in total. The van der Waals surface area contributed by atoms with Crippen molar-refractivity contribution in [2.75, 3.05) is 0 Å². The van der Waals surface area contributed by atoms with Gasteiger partial charge in [0.05, 0.1) is 0 Å². The number of aryl methyl sites for hydroxylation is 1. The minimum atomic E-state index is -0.235. The van der Waals surface area contributed by atoms with Crippen LogP contribution in [0.3, 0.4) is 0 Å². The van der Waals surface area contributed by atoms with Crippen molar-refractivity contribution >= 4 is 28.4 Å². The first-order valence-electron chi connectivity index (χ1n) is 9.91. The summed E-state index contributed by atoms with van der Waals surface area (Å²) < 4.78 is 15.4. The van der Waals surface area contributed by atoms with Gasteiger partial charge in [-0.05, 0) is 53.4 Å². The molecule has 0 bridgehead atoms. The molecule has 4 aromatic rings. The maximum absolute atomic E-state index is 13.2. The van der Waals surface area contributed by atoms with Crippen LogP contribution in [-0.4, -0.2) is 10.5 Å². The van der Waals surface area contributed by atoms with Crippen LogP contribution in [0.25, 0.3) is 10.9 Å². The molecule has 0 saturated carbocycles. The second kappa shape index (κ2) is 9.14. The van der Waals surface area contributed by atoms with Gasteiger partial charge in [-0.1, -0.05) is 54.1 Å². The van der Waals surface area contributed by atoms with E-state index in [2.05, 4.69) is 28.2 Å². The van der Waals surface area contributed by atoms with Crippen molar-refractivity contribution < 1.29 is 9.18 Å². The molecular weight excluding hydrogens is 399 g/mol. The number of fused-ring (bicyclic) bond motifs is 1. The molecule has 152 valence electrons. The molecule has 3 aromatic carbocycles. The summed E-state index contributed by atoms with van der Waals surface area (Å²) in [6.45, 7) is 1.14. The highest BCUT2D eigenvalue weighted by Gasteiger charge is 2.11. The average Bonchev–Trinajstić information content (AvgIpc) is 3.11. The van der Waals surface area contributed by atoms with Gasteiger partial charge in [0.15, 0.2) is 0 Å². The van der Waals surface area contributed by atoms with E-state index in [0.717, 1.165) is 27.6 Å². The molecule has 0 unspecified atom stereocenters. The molecule has 1 amide bonds. The third-order valence-corrected chi connectivity index (χ3v) is 5.41. The fourth-order valence-corrected chi connectivity index (χ4v) is 3.70. The Morgan fingerprint density at radius 1 is 0.933 bits per heavy atom. The highest BCUT2D eigenvalue weighted by Crippen LogP contribution is 2.23. The number of nitrogens with zero attached hydrogens (tertiary/aromatic N) is 1. The third kappa shape index (κ3) is 4.89. The van der Waals surface area contributed by atoms with E-state index < -0.39 is 0 Å². The minimum absolute atomic E-state index is 0.0142. The molecule has 0 aliphatic heterocycles. The number of carbonyl (C=O) groups excluding carboxylic acids is 1. The van der Waals surface area contributed by atoms with E-state index in [1.165, 1.54) is 12.1 Å². The maximum Gasteiger partial charge on any atom is 0.220 e. The minimum Gasteiger partial charge on any atom is -0.352 e. The molecule has 5 heteroatoms. The molecule has 1 aromatic heterocycles. The first kappa shape index (κ1) is 20.2. The van der Waals surface area contributed by atoms with Crippen molar-refractivity contribution in [2.24, 2.45) is 0 Å². The molecule has 0 radical (unpaired) electrons. The molecule has 0 aliphatic carbocycles. The first-order valence-corrected chi connectivity index (χ1v) is 10.3. The zero-order chi connectivity index (χ0) is 20.9. The van der Waals surface area contributed by atoms with Crippen LogP contribution in [-0.2, 0) is 24.3 Å². The predicted molar refractivity (Wildman–Crippen MR) is 119 cm³/mol. The van der Waals surface area contributed by atoms with Crippen molar-refractivity contribution in [2.45, 2.75) is 25.9 Å². The number of hydrogen-bond acceptors (Lipinski definition) is 1. The summed E-state index contributed by atoms with van der Waals surface area (Å²) in [4.78, 5) is 12.3. The molecular formula is C25H22ClFN2O.